The van der Waals surface area contributed by atoms with Crippen molar-refractivity contribution in [1.29, 1.82) is 0 Å². The van der Waals surface area contributed by atoms with Gasteiger partial charge in [0.25, 0.3) is 5.91 Å². The summed E-state index contributed by atoms with van der Waals surface area (Å²) in [6.07, 6.45) is 1.65. The van der Waals surface area contributed by atoms with Gasteiger partial charge in [0.05, 0.1) is 35.1 Å². The number of hydrogen-bond donors (Lipinski definition) is 2. The average molecular weight is 492 g/mol. The van der Waals surface area contributed by atoms with Crippen molar-refractivity contribution in [2.24, 2.45) is 0 Å². The zero-order valence-electron chi connectivity index (χ0n) is 17.7. The first kappa shape index (κ1) is 21.7. The maximum atomic E-state index is 13.1. The zero-order valence-corrected chi connectivity index (χ0v) is 19.3. The third-order valence-corrected chi connectivity index (χ3v) is 5.62. The smallest absolute Gasteiger partial charge is 0.252 e. The van der Waals surface area contributed by atoms with Gasteiger partial charge in [0.15, 0.2) is 5.65 Å². The molecule has 4 aromatic rings. The van der Waals surface area contributed by atoms with Crippen LogP contribution < -0.4 is 10.6 Å². The quantitative estimate of drug-likeness (QED) is 0.404. The summed E-state index contributed by atoms with van der Waals surface area (Å²) in [4.78, 5) is 30.2. The summed E-state index contributed by atoms with van der Waals surface area (Å²) in [5, 5.41) is 10.6. The molecule has 2 heterocycles. The summed E-state index contributed by atoms with van der Waals surface area (Å²) in [7, 11) is 0. The fourth-order valence-electron chi connectivity index (χ4n) is 3.35. The van der Waals surface area contributed by atoms with Crippen molar-refractivity contribution in [1.82, 2.24) is 20.1 Å². The van der Waals surface area contributed by atoms with E-state index in [1.807, 2.05) is 62.4 Å². The number of pyridine rings is 1. The molecule has 4 rings (SSSR count). The third kappa shape index (κ3) is 4.55. The standard InChI is InChI=1S/C24H22BrN5O2/c1-15(2)30-23-18(13-27-30)17(12-21(29-23)16-8-4-3-5-9-16)24(32)26-14-22(31)28-20-11-7-6-10-19(20)25/h3-13,15H,14H2,1-2H3,(H,26,32)(H,28,31). The topological polar surface area (TPSA) is 88.9 Å². The molecule has 0 radical (unpaired) electrons. The fraction of sp³-hybridized carbons (Fsp3) is 0.167. The summed E-state index contributed by atoms with van der Waals surface area (Å²) >= 11 is 3.39. The van der Waals surface area contributed by atoms with E-state index in [4.69, 9.17) is 4.98 Å². The van der Waals surface area contributed by atoms with Crippen molar-refractivity contribution in [3.63, 3.8) is 0 Å². The van der Waals surface area contributed by atoms with E-state index in [1.54, 1.807) is 23.0 Å². The Kier molecular flexibility index (Phi) is 6.32. The number of carbonyl (C=O) groups is 2. The monoisotopic (exact) mass is 491 g/mol. The molecule has 0 aliphatic heterocycles. The lowest BCUT2D eigenvalue weighted by Crippen LogP contribution is -2.33. The number of benzene rings is 2. The molecule has 0 fully saturated rings. The minimum atomic E-state index is -0.361. The molecular weight excluding hydrogens is 470 g/mol. The van der Waals surface area contributed by atoms with Crippen molar-refractivity contribution < 1.29 is 9.59 Å². The second-order valence-electron chi connectivity index (χ2n) is 7.55. The predicted octanol–water partition coefficient (Wildman–Crippen LogP) is 4.81. The highest BCUT2D eigenvalue weighted by Crippen LogP contribution is 2.26. The van der Waals surface area contributed by atoms with Crippen LogP contribution in [0.15, 0.2) is 71.3 Å². The van der Waals surface area contributed by atoms with E-state index in [-0.39, 0.29) is 24.4 Å². The number of halogens is 1. The van der Waals surface area contributed by atoms with Gasteiger partial charge < -0.3 is 10.6 Å². The second kappa shape index (κ2) is 9.32. The van der Waals surface area contributed by atoms with E-state index in [0.29, 0.717) is 28.0 Å². The molecule has 7 nitrogen and oxygen atoms in total. The Labute approximate surface area is 194 Å². The summed E-state index contributed by atoms with van der Waals surface area (Å²) in [6.45, 7) is 3.85. The van der Waals surface area contributed by atoms with Crippen LogP contribution in [0, 0.1) is 0 Å². The SMILES string of the molecule is CC(C)n1ncc2c(C(=O)NCC(=O)Nc3ccccc3Br)cc(-c3ccccc3)nc21. The lowest BCUT2D eigenvalue weighted by Gasteiger charge is -2.11. The molecule has 0 saturated carbocycles. The van der Waals surface area contributed by atoms with Crippen LogP contribution in [-0.2, 0) is 4.79 Å². The number of carbonyl (C=O) groups excluding carboxylic acids is 2. The van der Waals surface area contributed by atoms with Crippen LogP contribution in [0.4, 0.5) is 5.69 Å². The van der Waals surface area contributed by atoms with Crippen LogP contribution in [0.1, 0.15) is 30.2 Å². The van der Waals surface area contributed by atoms with Gasteiger partial charge >= 0.3 is 0 Å². The van der Waals surface area contributed by atoms with Gasteiger partial charge in [0, 0.05) is 16.1 Å². The van der Waals surface area contributed by atoms with E-state index in [1.165, 1.54) is 0 Å². The van der Waals surface area contributed by atoms with E-state index in [0.717, 1.165) is 10.0 Å². The molecule has 162 valence electrons. The van der Waals surface area contributed by atoms with Gasteiger partial charge in [-0.15, -0.1) is 0 Å². The molecule has 2 aromatic heterocycles. The summed E-state index contributed by atoms with van der Waals surface area (Å²) in [5.41, 5.74) is 3.26. The number of hydrogen-bond acceptors (Lipinski definition) is 4. The fourth-order valence-corrected chi connectivity index (χ4v) is 3.74. The van der Waals surface area contributed by atoms with Crippen molar-refractivity contribution >= 4 is 44.5 Å². The molecule has 2 amide bonds. The first-order valence-electron chi connectivity index (χ1n) is 10.2. The van der Waals surface area contributed by atoms with E-state index in [9.17, 15) is 9.59 Å². The number of aromatic nitrogens is 3. The second-order valence-corrected chi connectivity index (χ2v) is 8.41. The number of anilines is 1. The summed E-state index contributed by atoms with van der Waals surface area (Å²) < 4.78 is 2.56. The molecule has 0 unspecified atom stereocenters. The van der Waals surface area contributed by atoms with Crippen molar-refractivity contribution in [3.8, 4) is 11.3 Å². The Morgan fingerprint density at radius 2 is 1.78 bits per heavy atom. The number of amides is 2. The highest BCUT2D eigenvalue weighted by molar-refractivity contribution is 9.10. The maximum absolute atomic E-state index is 13.1. The van der Waals surface area contributed by atoms with Crippen molar-refractivity contribution in [2.45, 2.75) is 19.9 Å². The molecule has 32 heavy (non-hydrogen) atoms. The minimum absolute atomic E-state index is 0.0806. The van der Waals surface area contributed by atoms with Crippen molar-refractivity contribution in [2.75, 3.05) is 11.9 Å². The molecule has 8 heteroatoms. The summed E-state index contributed by atoms with van der Waals surface area (Å²) in [6, 6.07) is 18.8. The van der Waals surface area contributed by atoms with Gasteiger partial charge in [-0.25, -0.2) is 9.67 Å². The molecule has 0 bridgehead atoms. The molecule has 0 aliphatic rings. The number of nitrogens with zero attached hydrogens (tertiary/aromatic N) is 3. The molecule has 2 N–H and O–H groups in total. The lowest BCUT2D eigenvalue weighted by atomic mass is 10.1. The molecular formula is C24H22BrN5O2. The van der Waals surface area contributed by atoms with Gasteiger partial charge in [-0.3, -0.25) is 9.59 Å². The largest absolute Gasteiger partial charge is 0.343 e. The van der Waals surface area contributed by atoms with E-state index >= 15 is 0 Å². The first-order chi connectivity index (χ1) is 15.4. The number of para-hydroxylation sites is 1. The van der Waals surface area contributed by atoms with E-state index < -0.39 is 0 Å². The van der Waals surface area contributed by atoms with Crippen LogP contribution in [0.3, 0.4) is 0 Å². The molecule has 0 aliphatic carbocycles. The Morgan fingerprint density at radius 1 is 1.06 bits per heavy atom. The Bertz CT molecular complexity index is 1280. The third-order valence-electron chi connectivity index (χ3n) is 4.93. The first-order valence-corrected chi connectivity index (χ1v) is 11.0. The van der Waals surface area contributed by atoms with Crippen LogP contribution in [-0.4, -0.2) is 33.1 Å². The Hall–Kier alpha value is -3.52. The summed E-state index contributed by atoms with van der Waals surface area (Å²) in [5.74, 6) is -0.683. The van der Waals surface area contributed by atoms with Crippen molar-refractivity contribution in [3.05, 3.63) is 76.9 Å². The molecule has 0 spiro atoms. The van der Waals surface area contributed by atoms with Crippen LogP contribution in [0.2, 0.25) is 0 Å². The van der Waals surface area contributed by atoms with Crippen LogP contribution in [0.5, 0.6) is 0 Å². The van der Waals surface area contributed by atoms with Crippen LogP contribution >= 0.6 is 15.9 Å². The lowest BCUT2D eigenvalue weighted by molar-refractivity contribution is -0.115. The Balaban J connectivity index is 1.61. The normalized spacial score (nSPS) is 11.0. The van der Waals surface area contributed by atoms with Gasteiger partial charge in [0.1, 0.15) is 0 Å². The number of fused-ring (bicyclic) bond motifs is 1. The van der Waals surface area contributed by atoms with Gasteiger partial charge in [0.2, 0.25) is 5.91 Å². The highest BCUT2D eigenvalue weighted by Gasteiger charge is 2.19. The number of nitrogens with one attached hydrogen (secondary N) is 2. The zero-order chi connectivity index (χ0) is 22.7. The molecule has 0 saturated heterocycles. The molecule has 0 atom stereocenters. The average Bonchev–Trinajstić information content (AvgIpc) is 3.23. The highest BCUT2D eigenvalue weighted by atomic mass is 79.9. The predicted molar refractivity (Wildman–Crippen MR) is 128 cm³/mol. The van der Waals surface area contributed by atoms with Gasteiger partial charge in [-0.2, -0.15) is 5.10 Å². The number of rotatable bonds is 6. The minimum Gasteiger partial charge on any atom is -0.343 e. The maximum Gasteiger partial charge on any atom is 0.252 e. The van der Waals surface area contributed by atoms with E-state index in [2.05, 4.69) is 31.7 Å². The van der Waals surface area contributed by atoms with Gasteiger partial charge in [-0.05, 0) is 48.0 Å². The van der Waals surface area contributed by atoms with Crippen LogP contribution in [0.25, 0.3) is 22.3 Å². The molecule has 2 aromatic carbocycles. The Morgan fingerprint density at radius 3 is 2.50 bits per heavy atom. The van der Waals surface area contributed by atoms with Gasteiger partial charge in [-0.1, -0.05) is 42.5 Å².